The predicted octanol–water partition coefficient (Wildman–Crippen LogP) is 4.12. The molecule has 0 aromatic heterocycles. The zero-order valence-electron chi connectivity index (χ0n) is 13.1. The lowest BCUT2D eigenvalue weighted by molar-refractivity contribution is -0.137. The van der Waals surface area contributed by atoms with Crippen LogP contribution in [0, 0.1) is 0 Å². The van der Waals surface area contributed by atoms with E-state index in [1.54, 1.807) is 24.3 Å². The molecule has 1 amide bonds. The molecule has 1 N–H and O–H groups in total. The van der Waals surface area contributed by atoms with E-state index in [2.05, 4.69) is 5.32 Å². The first-order chi connectivity index (χ1) is 11.3. The van der Waals surface area contributed by atoms with Gasteiger partial charge >= 0.3 is 6.18 Å². The molecule has 0 aliphatic heterocycles. The molecule has 128 valence electrons. The van der Waals surface area contributed by atoms with Crippen molar-refractivity contribution in [1.82, 2.24) is 0 Å². The molecule has 0 heterocycles. The minimum Gasteiger partial charge on any atom is -0.497 e. The quantitative estimate of drug-likeness (QED) is 0.891. The number of carbonyl (C=O) groups excluding carboxylic acids is 1. The minimum absolute atomic E-state index is 0.0257. The summed E-state index contributed by atoms with van der Waals surface area (Å²) >= 11 is 0. The number of hydrogen-bond acceptors (Lipinski definition) is 3. The van der Waals surface area contributed by atoms with Crippen LogP contribution in [0.2, 0.25) is 0 Å². The van der Waals surface area contributed by atoms with Gasteiger partial charge in [-0.1, -0.05) is 6.07 Å². The number of ether oxygens (including phenoxy) is 2. The molecule has 2 aromatic carbocycles. The maximum absolute atomic E-state index is 12.7. The highest BCUT2D eigenvalue weighted by Gasteiger charge is 2.30. The van der Waals surface area contributed by atoms with Gasteiger partial charge in [-0.3, -0.25) is 4.79 Å². The second kappa shape index (κ2) is 7.25. The van der Waals surface area contributed by atoms with E-state index in [0.29, 0.717) is 11.4 Å². The van der Waals surface area contributed by atoms with E-state index in [1.165, 1.54) is 26.2 Å². The fourth-order valence-electron chi connectivity index (χ4n) is 1.92. The monoisotopic (exact) mass is 339 g/mol. The van der Waals surface area contributed by atoms with Gasteiger partial charge in [-0.25, -0.2) is 0 Å². The highest BCUT2D eigenvalue weighted by atomic mass is 19.4. The number of rotatable bonds is 5. The lowest BCUT2D eigenvalue weighted by atomic mass is 10.2. The first-order valence-electron chi connectivity index (χ1n) is 7.08. The molecule has 0 unspecified atom stereocenters. The van der Waals surface area contributed by atoms with Crippen molar-refractivity contribution in [1.29, 1.82) is 0 Å². The average molecular weight is 339 g/mol. The van der Waals surface area contributed by atoms with E-state index in [0.717, 1.165) is 12.1 Å². The van der Waals surface area contributed by atoms with Gasteiger partial charge in [0, 0.05) is 5.69 Å². The zero-order chi connectivity index (χ0) is 17.7. The molecule has 0 bridgehead atoms. The molecule has 0 fully saturated rings. The number of alkyl halides is 3. The first-order valence-corrected chi connectivity index (χ1v) is 7.08. The van der Waals surface area contributed by atoms with Crippen LogP contribution in [0.1, 0.15) is 12.5 Å². The van der Waals surface area contributed by atoms with E-state index in [4.69, 9.17) is 9.47 Å². The van der Waals surface area contributed by atoms with Crippen LogP contribution in [-0.4, -0.2) is 19.1 Å². The number of carbonyl (C=O) groups is 1. The van der Waals surface area contributed by atoms with Crippen molar-refractivity contribution in [3.8, 4) is 11.5 Å². The Kier molecular flexibility index (Phi) is 5.33. The van der Waals surface area contributed by atoms with E-state index >= 15 is 0 Å². The Hall–Kier alpha value is -2.70. The number of methoxy groups -OCH3 is 1. The van der Waals surface area contributed by atoms with Gasteiger partial charge in [-0.15, -0.1) is 0 Å². The molecule has 0 saturated heterocycles. The van der Waals surface area contributed by atoms with Crippen molar-refractivity contribution >= 4 is 11.6 Å². The topological polar surface area (TPSA) is 47.6 Å². The maximum Gasteiger partial charge on any atom is 0.416 e. The molecule has 7 heteroatoms. The number of nitrogens with one attached hydrogen (secondary N) is 1. The van der Waals surface area contributed by atoms with Crippen LogP contribution in [0.25, 0.3) is 0 Å². The minimum atomic E-state index is -4.46. The first kappa shape index (κ1) is 17.7. The van der Waals surface area contributed by atoms with E-state index < -0.39 is 23.8 Å². The molecule has 0 aliphatic rings. The van der Waals surface area contributed by atoms with Crippen LogP contribution >= 0.6 is 0 Å². The molecular formula is C17H16F3NO3. The molecule has 2 rings (SSSR count). The number of benzene rings is 2. The Bertz CT molecular complexity index is 699. The Balaban J connectivity index is 2.00. The number of halogens is 3. The second-order valence-corrected chi connectivity index (χ2v) is 5.00. The summed E-state index contributed by atoms with van der Waals surface area (Å²) in [5, 5.41) is 2.62. The second-order valence-electron chi connectivity index (χ2n) is 5.00. The standard InChI is InChI=1S/C17H16F3NO3/c1-11(16(22)21-13-6-8-14(23-2)9-7-13)24-15-5-3-4-12(10-15)17(18,19)20/h3-11H,1-2H3,(H,21,22)/t11-/m0/s1. The molecule has 1 atom stereocenters. The van der Waals surface area contributed by atoms with E-state index in [-0.39, 0.29) is 5.75 Å². The third-order valence-electron chi connectivity index (χ3n) is 3.20. The summed E-state index contributed by atoms with van der Waals surface area (Å²) in [6, 6.07) is 11.0. The summed E-state index contributed by atoms with van der Waals surface area (Å²) in [5.41, 5.74) is -0.303. The fourth-order valence-corrected chi connectivity index (χ4v) is 1.92. The summed E-state index contributed by atoms with van der Waals surface area (Å²) in [4.78, 5) is 12.1. The Morgan fingerprint density at radius 2 is 1.75 bits per heavy atom. The van der Waals surface area contributed by atoms with Crippen LogP contribution in [0.15, 0.2) is 48.5 Å². The zero-order valence-corrected chi connectivity index (χ0v) is 13.1. The van der Waals surface area contributed by atoms with Crippen molar-refractivity contribution in [2.75, 3.05) is 12.4 Å². The molecule has 0 spiro atoms. The predicted molar refractivity (Wildman–Crippen MR) is 83.2 cm³/mol. The Morgan fingerprint density at radius 1 is 1.08 bits per heavy atom. The lowest BCUT2D eigenvalue weighted by Gasteiger charge is -2.16. The van der Waals surface area contributed by atoms with Crippen molar-refractivity contribution in [3.63, 3.8) is 0 Å². The summed E-state index contributed by atoms with van der Waals surface area (Å²) in [5.74, 6) is 0.140. The van der Waals surface area contributed by atoms with Crippen molar-refractivity contribution in [2.24, 2.45) is 0 Å². The summed E-state index contributed by atoms with van der Waals surface area (Å²) in [7, 11) is 1.53. The van der Waals surface area contributed by atoms with E-state index in [9.17, 15) is 18.0 Å². The molecule has 4 nitrogen and oxygen atoms in total. The molecule has 0 radical (unpaired) electrons. The molecule has 0 saturated carbocycles. The summed E-state index contributed by atoms with van der Waals surface area (Å²) < 4.78 is 48.3. The van der Waals surface area contributed by atoms with Gasteiger partial charge in [0.2, 0.25) is 0 Å². The Morgan fingerprint density at radius 3 is 2.33 bits per heavy atom. The molecule has 24 heavy (non-hydrogen) atoms. The number of anilines is 1. The largest absolute Gasteiger partial charge is 0.497 e. The van der Waals surface area contributed by atoms with E-state index in [1.807, 2.05) is 0 Å². The van der Waals surface area contributed by atoms with Crippen LogP contribution < -0.4 is 14.8 Å². The normalized spacial score (nSPS) is 12.4. The maximum atomic E-state index is 12.7. The van der Waals surface area contributed by atoms with Gasteiger partial charge in [-0.2, -0.15) is 13.2 Å². The number of hydrogen-bond donors (Lipinski definition) is 1. The average Bonchev–Trinajstić information content (AvgIpc) is 2.55. The van der Waals surface area contributed by atoms with Gasteiger partial charge in [-0.05, 0) is 49.4 Å². The smallest absolute Gasteiger partial charge is 0.416 e. The summed E-state index contributed by atoms with van der Waals surface area (Å²) in [6.07, 6.45) is -5.43. The van der Waals surface area contributed by atoms with Crippen LogP contribution in [0.5, 0.6) is 11.5 Å². The van der Waals surface area contributed by atoms with Crippen molar-refractivity contribution in [3.05, 3.63) is 54.1 Å². The molecule has 2 aromatic rings. The third kappa shape index (κ3) is 4.65. The van der Waals surface area contributed by atoms with Crippen LogP contribution in [-0.2, 0) is 11.0 Å². The SMILES string of the molecule is COc1ccc(NC(=O)[C@H](C)Oc2cccc(C(F)(F)F)c2)cc1. The third-order valence-corrected chi connectivity index (χ3v) is 3.20. The van der Waals surface area contributed by atoms with Crippen LogP contribution in [0.3, 0.4) is 0 Å². The van der Waals surface area contributed by atoms with Gasteiger partial charge in [0.15, 0.2) is 6.10 Å². The van der Waals surface area contributed by atoms with Gasteiger partial charge < -0.3 is 14.8 Å². The molecule has 0 aliphatic carbocycles. The highest BCUT2D eigenvalue weighted by Crippen LogP contribution is 2.31. The van der Waals surface area contributed by atoms with Gasteiger partial charge in [0.05, 0.1) is 12.7 Å². The molecular weight excluding hydrogens is 323 g/mol. The lowest BCUT2D eigenvalue weighted by Crippen LogP contribution is -2.30. The van der Waals surface area contributed by atoms with Gasteiger partial charge in [0.1, 0.15) is 11.5 Å². The summed E-state index contributed by atoms with van der Waals surface area (Å²) in [6.45, 7) is 1.46. The van der Waals surface area contributed by atoms with Crippen molar-refractivity contribution in [2.45, 2.75) is 19.2 Å². The van der Waals surface area contributed by atoms with Gasteiger partial charge in [0.25, 0.3) is 5.91 Å². The highest BCUT2D eigenvalue weighted by molar-refractivity contribution is 5.94. The van der Waals surface area contributed by atoms with Crippen molar-refractivity contribution < 1.29 is 27.4 Å². The number of amides is 1. The van der Waals surface area contributed by atoms with Crippen LogP contribution in [0.4, 0.5) is 18.9 Å². The fraction of sp³-hybridized carbons (Fsp3) is 0.235. The Labute approximate surface area is 137 Å².